The Morgan fingerprint density at radius 2 is 1.78 bits per heavy atom. The van der Waals surface area contributed by atoms with Crippen molar-refractivity contribution >= 4 is 45.6 Å². The van der Waals surface area contributed by atoms with Crippen molar-refractivity contribution in [3.8, 4) is 0 Å². The molecule has 0 aromatic heterocycles. The van der Waals surface area contributed by atoms with Crippen LogP contribution in [0.2, 0.25) is 5.02 Å². The Morgan fingerprint density at radius 3 is 2.52 bits per heavy atom. The van der Waals surface area contributed by atoms with Crippen molar-refractivity contribution in [3.63, 3.8) is 0 Å². The molecule has 0 bridgehead atoms. The smallest absolute Gasteiger partial charge is 0.338 e. The summed E-state index contributed by atoms with van der Waals surface area (Å²) in [5.41, 5.74) is 0.170. The van der Waals surface area contributed by atoms with Crippen molar-refractivity contribution in [2.45, 2.75) is 0 Å². The summed E-state index contributed by atoms with van der Waals surface area (Å²) >= 11 is 5.72. The second kappa shape index (κ2) is 7.84. The van der Waals surface area contributed by atoms with Gasteiger partial charge in [-0.25, -0.2) is 4.79 Å². The molecule has 0 saturated carbocycles. The zero-order valence-corrected chi connectivity index (χ0v) is 14.6. The second-order valence-electron chi connectivity index (χ2n) is 5.61. The zero-order chi connectivity index (χ0) is 19.4. The van der Waals surface area contributed by atoms with Crippen LogP contribution in [0.4, 0.5) is 11.4 Å². The Balaban J connectivity index is 1.62. The van der Waals surface area contributed by atoms with Crippen molar-refractivity contribution in [2.75, 3.05) is 11.9 Å². The van der Waals surface area contributed by atoms with Gasteiger partial charge < -0.3 is 10.1 Å². The maximum atomic E-state index is 12.1. The number of anilines is 1. The van der Waals surface area contributed by atoms with E-state index in [0.29, 0.717) is 5.56 Å². The number of hydrogen-bond donors (Lipinski definition) is 1. The molecule has 0 atom stereocenters. The molecule has 3 aromatic carbocycles. The first-order valence-corrected chi connectivity index (χ1v) is 8.21. The van der Waals surface area contributed by atoms with Crippen LogP contribution in [0.1, 0.15) is 10.4 Å². The number of rotatable bonds is 5. The molecule has 0 aliphatic heterocycles. The second-order valence-corrected chi connectivity index (χ2v) is 6.02. The minimum atomic E-state index is -0.655. The molecule has 0 heterocycles. The summed E-state index contributed by atoms with van der Waals surface area (Å²) in [6.45, 7) is -0.526. The molecule has 3 aromatic rings. The first-order chi connectivity index (χ1) is 12.9. The van der Waals surface area contributed by atoms with Crippen LogP contribution in [0.25, 0.3) is 10.8 Å². The number of carbonyl (C=O) groups excluding carboxylic acids is 2. The Hall–Kier alpha value is -3.45. The van der Waals surface area contributed by atoms with E-state index in [1.165, 1.54) is 12.1 Å². The summed E-state index contributed by atoms with van der Waals surface area (Å²) in [6.07, 6.45) is 0. The number of nitrogens with zero attached hydrogens (tertiary/aromatic N) is 1. The van der Waals surface area contributed by atoms with Crippen LogP contribution in [-0.4, -0.2) is 23.4 Å². The molecule has 0 radical (unpaired) electrons. The normalized spacial score (nSPS) is 10.4. The number of nitrogens with one attached hydrogen (secondary N) is 1. The van der Waals surface area contributed by atoms with Gasteiger partial charge in [-0.2, -0.15) is 0 Å². The molecule has 0 saturated heterocycles. The first kappa shape index (κ1) is 18.3. The molecule has 3 rings (SSSR count). The van der Waals surface area contributed by atoms with Crippen LogP contribution >= 0.6 is 11.6 Å². The number of esters is 1. The van der Waals surface area contributed by atoms with Gasteiger partial charge in [-0.1, -0.05) is 41.9 Å². The van der Waals surface area contributed by atoms with Crippen LogP contribution < -0.4 is 5.32 Å². The highest BCUT2D eigenvalue weighted by Gasteiger charge is 2.15. The number of nitro groups is 1. The van der Waals surface area contributed by atoms with Crippen molar-refractivity contribution in [1.82, 2.24) is 0 Å². The van der Waals surface area contributed by atoms with Crippen LogP contribution in [-0.2, 0) is 9.53 Å². The molecule has 1 N–H and O–H groups in total. The molecular weight excluding hydrogens is 372 g/mol. The van der Waals surface area contributed by atoms with Crippen LogP contribution in [0.3, 0.4) is 0 Å². The Labute approximate surface area is 158 Å². The fourth-order valence-corrected chi connectivity index (χ4v) is 2.64. The van der Waals surface area contributed by atoms with Gasteiger partial charge in [0.2, 0.25) is 0 Å². The summed E-state index contributed by atoms with van der Waals surface area (Å²) in [5.74, 6) is -1.27. The molecule has 0 aliphatic carbocycles. The quantitative estimate of drug-likeness (QED) is 0.404. The van der Waals surface area contributed by atoms with Gasteiger partial charge >= 0.3 is 5.97 Å². The fraction of sp³-hybridized carbons (Fsp3) is 0.0526. The lowest BCUT2D eigenvalue weighted by atomic mass is 10.1. The summed E-state index contributed by atoms with van der Waals surface area (Å²) in [6, 6.07) is 16.5. The molecule has 8 heteroatoms. The van der Waals surface area contributed by atoms with Crippen molar-refractivity contribution < 1.29 is 19.2 Å². The predicted octanol–water partition coefficient (Wildman–Crippen LogP) is 4.20. The van der Waals surface area contributed by atoms with Crippen LogP contribution in [0, 0.1) is 10.1 Å². The van der Waals surface area contributed by atoms with E-state index in [0.717, 1.165) is 16.8 Å². The van der Waals surface area contributed by atoms with Gasteiger partial charge in [-0.3, -0.25) is 14.9 Å². The topological polar surface area (TPSA) is 98.5 Å². The third-order valence-electron chi connectivity index (χ3n) is 3.75. The number of ether oxygens (including phenoxy) is 1. The third-order valence-corrected chi connectivity index (χ3v) is 4.07. The van der Waals surface area contributed by atoms with Gasteiger partial charge in [-0.05, 0) is 35.0 Å². The lowest BCUT2D eigenvalue weighted by Crippen LogP contribution is -2.21. The van der Waals surface area contributed by atoms with E-state index < -0.39 is 23.4 Å². The molecule has 0 unspecified atom stereocenters. The minimum Gasteiger partial charge on any atom is -0.452 e. The van der Waals surface area contributed by atoms with Crippen LogP contribution in [0.15, 0.2) is 60.7 Å². The highest BCUT2D eigenvalue weighted by Crippen LogP contribution is 2.27. The summed E-state index contributed by atoms with van der Waals surface area (Å²) < 4.78 is 5.00. The third kappa shape index (κ3) is 4.39. The lowest BCUT2D eigenvalue weighted by molar-refractivity contribution is -0.384. The summed E-state index contributed by atoms with van der Waals surface area (Å²) in [5, 5.41) is 15.1. The van der Waals surface area contributed by atoms with Gasteiger partial charge in [0.25, 0.3) is 11.6 Å². The highest BCUT2D eigenvalue weighted by atomic mass is 35.5. The summed E-state index contributed by atoms with van der Waals surface area (Å²) in [7, 11) is 0. The number of benzene rings is 3. The van der Waals surface area contributed by atoms with E-state index in [1.54, 1.807) is 18.2 Å². The van der Waals surface area contributed by atoms with E-state index in [1.807, 2.05) is 24.3 Å². The number of fused-ring (bicyclic) bond motifs is 1. The molecule has 27 heavy (non-hydrogen) atoms. The fourth-order valence-electron chi connectivity index (χ4n) is 2.46. The average Bonchev–Trinajstić information content (AvgIpc) is 2.67. The number of halogens is 1. The number of nitro benzene ring substituents is 1. The number of carbonyl (C=O) groups is 2. The molecule has 0 fully saturated rings. The van der Waals surface area contributed by atoms with E-state index in [4.69, 9.17) is 16.3 Å². The van der Waals surface area contributed by atoms with Crippen molar-refractivity contribution in [3.05, 3.63) is 81.4 Å². The predicted molar refractivity (Wildman–Crippen MR) is 101 cm³/mol. The molecular formula is C19H13ClN2O5. The lowest BCUT2D eigenvalue weighted by Gasteiger charge is -2.07. The maximum absolute atomic E-state index is 12.1. The number of hydrogen-bond acceptors (Lipinski definition) is 5. The Bertz CT molecular complexity index is 1050. The van der Waals surface area contributed by atoms with Gasteiger partial charge in [0.1, 0.15) is 5.02 Å². The van der Waals surface area contributed by atoms with E-state index >= 15 is 0 Å². The standard InChI is InChI=1S/C19H13ClN2O5/c20-16-8-7-15(10-17(16)22(25)26)21-18(23)11-27-19(24)14-6-5-12-3-1-2-4-13(12)9-14/h1-10H,11H2,(H,21,23). The Morgan fingerprint density at radius 1 is 1.04 bits per heavy atom. The van der Waals surface area contributed by atoms with Crippen molar-refractivity contribution in [2.24, 2.45) is 0 Å². The molecule has 7 nitrogen and oxygen atoms in total. The SMILES string of the molecule is O=C(COC(=O)c1ccc2ccccc2c1)Nc1ccc(Cl)c([N+](=O)[O-])c1. The average molecular weight is 385 g/mol. The zero-order valence-electron chi connectivity index (χ0n) is 13.8. The van der Waals surface area contributed by atoms with E-state index in [-0.39, 0.29) is 16.4 Å². The number of amides is 1. The van der Waals surface area contributed by atoms with Gasteiger partial charge in [-0.15, -0.1) is 0 Å². The van der Waals surface area contributed by atoms with E-state index in [2.05, 4.69) is 5.32 Å². The van der Waals surface area contributed by atoms with Crippen LogP contribution in [0.5, 0.6) is 0 Å². The summed E-state index contributed by atoms with van der Waals surface area (Å²) in [4.78, 5) is 34.3. The maximum Gasteiger partial charge on any atom is 0.338 e. The molecule has 1 amide bonds. The van der Waals surface area contributed by atoms with Gasteiger partial charge in [0.05, 0.1) is 10.5 Å². The van der Waals surface area contributed by atoms with Gasteiger partial charge in [0.15, 0.2) is 6.61 Å². The largest absolute Gasteiger partial charge is 0.452 e. The highest BCUT2D eigenvalue weighted by molar-refractivity contribution is 6.32. The molecule has 0 aliphatic rings. The first-order valence-electron chi connectivity index (χ1n) is 7.84. The van der Waals surface area contributed by atoms with E-state index in [9.17, 15) is 19.7 Å². The van der Waals surface area contributed by atoms with Gasteiger partial charge in [0, 0.05) is 11.8 Å². The van der Waals surface area contributed by atoms with Crippen molar-refractivity contribution in [1.29, 1.82) is 0 Å². The minimum absolute atomic E-state index is 0.0410. The monoisotopic (exact) mass is 384 g/mol. The Kier molecular flexibility index (Phi) is 5.33. The molecule has 136 valence electrons. The molecule has 0 spiro atoms.